The second kappa shape index (κ2) is 11.2. The van der Waals surface area contributed by atoms with Crippen molar-refractivity contribution in [3.63, 3.8) is 0 Å². The van der Waals surface area contributed by atoms with E-state index in [1.165, 1.54) is 0 Å². The van der Waals surface area contributed by atoms with E-state index in [4.69, 9.17) is 28.3 Å². The Hall–Kier alpha value is -3.55. The molecular weight excluding hydrogens is 509 g/mol. The fraction of sp³-hybridized carbons (Fsp3) is 0.250. The highest BCUT2D eigenvalue weighted by molar-refractivity contribution is 6.35. The molecule has 4 rings (SSSR count). The predicted molar refractivity (Wildman–Crippen MR) is 147 cm³/mol. The number of hydrogen-bond acceptors (Lipinski definition) is 5. The van der Waals surface area contributed by atoms with E-state index in [1.807, 2.05) is 51.1 Å². The third-order valence-electron chi connectivity index (χ3n) is 6.08. The molecule has 0 radical (unpaired) electrons. The van der Waals surface area contributed by atoms with Gasteiger partial charge in [0.15, 0.2) is 11.6 Å². The molecule has 37 heavy (non-hydrogen) atoms. The Bertz CT molecular complexity index is 1460. The van der Waals surface area contributed by atoms with Crippen LogP contribution in [0.1, 0.15) is 58.8 Å². The Labute approximate surface area is 225 Å². The fourth-order valence-electron chi connectivity index (χ4n) is 3.91. The molecule has 0 fully saturated rings. The van der Waals surface area contributed by atoms with Crippen molar-refractivity contribution in [1.29, 1.82) is 0 Å². The lowest BCUT2D eigenvalue weighted by Crippen LogP contribution is -2.20. The molecule has 0 unspecified atom stereocenters. The van der Waals surface area contributed by atoms with E-state index in [-0.39, 0.29) is 33.8 Å². The smallest absolute Gasteiger partial charge is 0.258 e. The van der Waals surface area contributed by atoms with Crippen molar-refractivity contribution in [3.8, 4) is 17.1 Å². The molecule has 0 spiro atoms. The zero-order valence-corrected chi connectivity index (χ0v) is 22.6. The number of benzene rings is 2. The Morgan fingerprint density at radius 1 is 1.03 bits per heavy atom. The first-order valence-corrected chi connectivity index (χ1v) is 12.7. The predicted octanol–water partition coefficient (Wildman–Crippen LogP) is 7.12. The van der Waals surface area contributed by atoms with Gasteiger partial charge < -0.3 is 0 Å². The number of carbonyl (C=O) groups is 2. The number of carbonyl (C=O) groups excluding carboxylic acids is 2. The van der Waals surface area contributed by atoms with Crippen LogP contribution in [0.5, 0.6) is 0 Å². The summed E-state index contributed by atoms with van der Waals surface area (Å²) < 4.78 is 1.69. The van der Waals surface area contributed by atoms with Crippen LogP contribution >= 0.6 is 23.2 Å². The fourth-order valence-corrected chi connectivity index (χ4v) is 4.32. The van der Waals surface area contributed by atoms with E-state index in [0.717, 1.165) is 23.4 Å². The van der Waals surface area contributed by atoms with E-state index in [9.17, 15) is 9.59 Å². The van der Waals surface area contributed by atoms with E-state index in [0.29, 0.717) is 23.0 Å². The van der Waals surface area contributed by atoms with E-state index < -0.39 is 5.91 Å². The lowest BCUT2D eigenvalue weighted by molar-refractivity contribution is 0.0949. The number of Topliss-reactive ketones (excluding diaryl/α,β-unsaturated/α-hetero) is 1. The van der Waals surface area contributed by atoms with Crippen molar-refractivity contribution in [3.05, 3.63) is 87.2 Å². The lowest BCUT2D eigenvalue weighted by Gasteiger charge is -2.13. The molecule has 9 heteroatoms. The average molecular weight is 536 g/mol. The van der Waals surface area contributed by atoms with Crippen molar-refractivity contribution in [2.45, 2.75) is 40.5 Å². The van der Waals surface area contributed by atoms with Crippen LogP contribution in [-0.4, -0.2) is 31.4 Å². The maximum Gasteiger partial charge on any atom is 0.258 e. The van der Waals surface area contributed by atoms with Gasteiger partial charge in [0.2, 0.25) is 5.95 Å². The lowest BCUT2D eigenvalue weighted by atomic mass is 9.94. The molecule has 0 aliphatic heterocycles. The van der Waals surface area contributed by atoms with Gasteiger partial charge in [-0.2, -0.15) is 10.1 Å². The minimum Gasteiger partial charge on any atom is -0.294 e. The summed E-state index contributed by atoms with van der Waals surface area (Å²) >= 11 is 12.4. The quantitative estimate of drug-likeness (QED) is 0.242. The number of hydrogen-bond donors (Lipinski definition) is 1. The average Bonchev–Trinajstić information content (AvgIpc) is 3.25. The Morgan fingerprint density at radius 3 is 2.46 bits per heavy atom. The highest BCUT2D eigenvalue weighted by Gasteiger charge is 2.22. The number of rotatable bonds is 8. The second-order valence-corrected chi connectivity index (χ2v) is 9.88. The second-order valence-electron chi connectivity index (χ2n) is 9.04. The number of aromatic nitrogens is 4. The molecule has 0 bridgehead atoms. The molecule has 4 aromatic rings. The summed E-state index contributed by atoms with van der Waals surface area (Å²) in [5, 5.41) is 8.32. The first-order valence-electron chi connectivity index (χ1n) is 12.0. The molecule has 1 amide bonds. The number of halogens is 2. The van der Waals surface area contributed by atoms with E-state index >= 15 is 0 Å². The largest absolute Gasteiger partial charge is 0.294 e. The first-order chi connectivity index (χ1) is 17.7. The van der Waals surface area contributed by atoms with Gasteiger partial charge >= 0.3 is 0 Å². The molecule has 0 saturated carbocycles. The molecule has 1 atom stereocenters. The maximum atomic E-state index is 13.3. The van der Waals surface area contributed by atoms with Crippen molar-refractivity contribution in [2.24, 2.45) is 5.92 Å². The van der Waals surface area contributed by atoms with Gasteiger partial charge in [-0.15, -0.1) is 0 Å². The van der Waals surface area contributed by atoms with E-state index in [1.54, 1.807) is 35.9 Å². The monoisotopic (exact) mass is 535 g/mol. The highest BCUT2D eigenvalue weighted by Crippen LogP contribution is 2.26. The third-order valence-corrected chi connectivity index (χ3v) is 6.65. The summed E-state index contributed by atoms with van der Waals surface area (Å²) in [6, 6.07) is 16.0. The molecule has 0 aliphatic carbocycles. The van der Waals surface area contributed by atoms with Crippen LogP contribution in [0.4, 0.5) is 5.95 Å². The van der Waals surface area contributed by atoms with Gasteiger partial charge in [-0.05, 0) is 50.1 Å². The number of nitrogens with zero attached hydrogens (tertiary/aromatic N) is 4. The van der Waals surface area contributed by atoms with Gasteiger partial charge in [-0.3, -0.25) is 14.9 Å². The van der Waals surface area contributed by atoms with Gasteiger partial charge in [0.25, 0.3) is 5.91 Å². The molecule has 7 nitrogen and oxygen atoms in total. The standard InChI is InChI=1S/C28H27Cl2N5O2/c1-5-16(2)13-24(36)26-21(7-6-8-22(26)30)27(37)33-28-31-17(3)14-25(32-28)35-18(4)15-23(34-35)19-9-11-20(29)12-10-19/h6-12,14-16H,5,13H2,1-4H3,(H,31,32,33,37)/t16-/m0/s1. The summed E-state index contributed by atoms with van der Waals surface area (Å²) in [6.45, 7) is 7.74. The van der Waals surface area contributed by atoms with Gasteiger partial charge in [-0.25, -0.2) is 9.67 Å². The zero-order chi connectivity index (χ0) is 26.7. The summed E-state index contributed by atoms with van der Waals surface area (Å²) in [5.74, 6) is 0.101. The topological polar surface area (TPSA) is 89.8 Å². The third kappa shape index (κ3) is 6.06. The van der Waals surface area contributed by atoms with Gasteiger partial charge in [0, 0.05) is 40.0 Å². The van der Waals surface area contributed by atoms with E-state index in [2.05, 4.69) is 15.3 Å². The molecule has 190 valence electrons. The van der Waals surface area contributed by atoms with Gasteiger partial charge in [-0.1, -0.05) is 61.7 Å². The minimum absolute atomic E-state index is 0.100. The van der Waals surface area contributed by atoms with Crippen molar-refractivity contribution < 1.29 is 9.59 Å². The van der Waals surface area contributed by atoms with Gasteiger partial charge in [0.05, 0.1) is 16.3 Å². The Kier molecular flexibility index (Phi) is 8.05. The number of anilines is 1. The maximum absolute atomic E-state index is 13.3. The summed E-state index contributed by atoms with van der Waals surface area (Å²) in [5.41, 5.74) is 3.58. The van der Waals surface area contributed by atoms with Crippen LogP contribution in [0, 0.1) is 19.8 Å². The van der Waals surface area contributed by atoms with Crippen LogP contribution in [0.2, 0.25) is 10.0 Å². The summed E-state index contributed by atoms with van der Waals surface area (Å²) in [4.78, 5) is 35.1. The van der Waals surface area contributed by atoms with Crippen LogP contribution < -0.4 is 5.32 Å². The Balaban J connectivity index is 1.64. The first kappa shape index (κ1) is 26.5. The summed E-state index contributed by atoms with van der Waals surface area (Å²) in [6.07, 6.45) is 1.16. The highest BCUT2D eigenvalue weighted by atomic mass is 35.5. The molecule has 0 aliphatic rings. The van der Waals surface area contributed by atoms with Crippen molar-refractivity contribution in [1.82, 2.24) is 19.7 Å². The van der Waals surface area contributed by atoms with Crippen molar-refractivity contribution in [2.75, 3.05) is 5.32 Å². The molecular formula is C28H27Cl2N5O2. The molecule has 0 saturated heterocycles. The normalized spacial score (nSPS) is 11.8. The number of aryl methyl sites for hydroxylation is 2. The number of amides is 1. The van der Waals surface area contributed by atoms with Crippen LogP contribution in [0.3, 0.4) is 0 Å². The minimum atomic E-state index is -0.509. The van der Waals surface area contributed by atoms with Crippen LogP contribution in [0.25, 0.3) is 17.1 Å². The number of ketones is 1. The molecule has 2 aromatic heterocycles. The Morgan fingerprint density at radius 2 is 1.76 bits per heavy atom. The SMILES string of the molecule is CC[C@H](C)CC(=O)c1c(Cl)cccc1C(=O)Nc1nc(C)cc(-n2nc(-c3ccc(Cl)cc3)cc2C)n1. The van der Waals surface area contributed by atoms with Crippen LogP contribution in [-0.2, 0) is 0 Å². The zero-order valence-electron chi connectivity index (χ0n) is 21.0. The number of nitrogens with one attached hydrogen (secondary N) is 1. The van der Waals surface area contributed by atoms with Crippen molar-refractivity contribution >= 4 is 40.8 Å². The van der Waals surface area contributed by atoms with Gasteiger partial charge in [0.1, 0.15) is 0 Å². The molecule has 2 aromatic carbocycles. The summed E-state index contributed by atoms with van der Waals surface area (Å²) in [7, 11) is 0. The molecule has 1 N–H and O–H groups in total. The molecule has 2 heterocycles. The van der Waals surface area contributed by atoms with Crippen LogP contribution in [0.15, 0.2) is 54.6 Å².